The lowest BCUT2D eigenvalue weighted by atomic mass is 10.3. The molecule has 3 aromatic rings. The van der Waals surface area contributed by atoms with Crippen molar-refractivity contribution >= 4 is 56.6 Å². The molecule has 0 saturated heterocycles. The number of fused-ring (bicyclic) bond motifs is 3. The molecule has 0 aliphatic rings. The van der Waals surface area contributed by atoms with E-state index < -0.39 is 6.55 Å². The first-order valence-corrected chi connectivity index (χ1v) is 7.61. The first-order valence-electron chi connectivity index (χ1n) is 5.31. The van der Waals surface area contributed by atoms with Crippen LogP contribution in [-0.2, 0) is 0 Å². The van der Waals surface area contributed by atoms with Crippen LogP contribution in [0, 0.1) is 3.70 Å². The monoisotopic (exact) mass is 412 g/mol. The largest absolute Gasteiger partial charge is 0.480 e. The van der Waals surface area contributed by atoms with Crippen LogP contribution in [0.4, 0.5) is 8.78 Å². The van der Waals surface area contributed by atoms with Crippen LogP contribution in [-0.4, -0.2) is 33.1 Å². The number of rotatable bonds is 3. The highest BCUT2D eigenvalue weighted by Gasteiger charge is 2.26. The summed E-state index contributed by atoms with van der Waals surface area (Å²) in [7, 11) is 1.42. The fraction of sp³-hybridized carbons (Fsp3) is 0.300. The number of aromatic nitrogens is 4. The molecular formula is C10H7F2IN4O2S. The van der Waals surface area contributed by atoms with E-state index in [1.54, 1.807) is 6.26 Å². The number of alkyl halides is 2. The summed E-state index contributed by atoms with van der Waals surface area (Å²) in [6.45, 7) is -2.79. The average Bonchev–Trinajstić information content (AvgIpc) is 2.95. The molecule has 20 heavy (non-hydrogen) atoms. The van der Waals surface area contributed by atoms with Gasteiger partial charge in [-0.05, 0) is 28.8 Å². The summed E-state index contributed by atoms with van der Waals surface area (Å²) >= 11 is 3.14. The number of nitrogens with zero attached hydrogens (tertiary/aromatic N) is 4. The van der Waals surface area contributed by atoms with E-state index in [9.17, 15) is 8.78 Å². The summed E-state index contributed by atoms with van der Waals surface area (Å²) in [5.41, 5.74) is 0.608. The van der Waals surface area contributed by atoms with Gasteiger partial charge in [-0.25, -0.2) is 0 Å². The summed E-state index contributed by atoms with van der Waals surface area (Å²) < 4.78 is 37.8. The zero-order valence-corrected chi connectivity index (χ0v) is 13.2. The summed E-state index contributed by atoms with van der Waals surface area (Å²) in [5, 5.41) is 4.50. The Hall–Kier alpha value is -1.17. The zero-order chi connectivity index (χ0) is 14.4. The Morgan fingerprint density at radius 1 is 1.40 bits per heavy atom. The van der Waals surface area contributed by atoms with Crippen LogP contribution in [0.25, 0.3) is 22.2 Å². The molecule has 3 aromatic heterocycles. The maximum absolute atomic E-state index is 13.1. The molecule has 10 heteroatoms. The predicted molar refractivity (Wildman–Crippen MR) is 77.4 cm³/mol. The Balaban J connectivity index is 2.48. The topological polar surface area (TPSA) is 66.0 Å². The molecule has 106 valence electrons. The molecule has 0 fully saturated rings. The van der Waals surface area contributed by atoms with Gasteiger partial charge in [-0.15, -0.1) is 0 Å². The Labute approximate surface area is 129 Å². The number of methoxy groups -OCH3 is 1. The fourth-order valence-corrected chi connectivity index (χ4v) is 2.81. The van der Waals surface area contributed by atoms with Gasteiger partial charge < -0.3 is 9.15 Å². The van der Waals surface area contributed by atoms with Crippen LogP contribution >= 0.6 is 34.4 Å². The Kier molecular flexibility index (Phi) is 3.44. The van der Waals surface area contributed by atoms with Crippen LogP contribution in [0.2, 0.25) is 0 Å². The first kappa shape index (κ1) is 13.8. The maximum Gasteiger partial charge on any atom is 0.333 e. The first-order chi connectivity index (χ1) is 9.56. The second-order valence-corrected chi connectivity index (χ2v) is 5.49. The van der Waals surface area contributed by atoms with Crippen molar-refractivity contribution in [3.8, 4) is 5.88 Å². The third kappa shape index (κ3) is 1.92. The van der Waals surface area contributed by atoms with Gasteiger partial charge in [-0.1, -0.05) is 11.8 Å². The summed E-state index contributed by atoms with van der Waals surface area (Å²) in [6, 6.07) is 0. The van der Waals surface area contributed by atoms with E-state index in [4.69, 9.17) is 9.15 Å². The van der Waals surface area contributed by atoms with Crippen LogP contribution in [0.15, 0.2) is 9.57 Å². The minimum atomic E-state index is -2.79. The van der Waals surface area contributed by atoms with Crippen LogP contribution in [0.1, 0.15) is 6.55 Å². The van der Waals surface area contributed by atoms with Gasteiger partial charge in [0.15, 0.2) is 14.4 Å². The minimum absolute atomic E-state index is 0.143. The standard InChI is InChI=1S/C10H7F2IN4O2S/c1-18-7-3-4-5(6(13)16-17(4)9(11)12)19-8(3)15-10(14-7)20-2/h9H,1-2H3. The summed E-state index contributed by atoms with van der Waals surface area (Å²) in [6.07, 6.45) is 1.80. The summed E-state index contributed by atoms with van der Waals surface area (Å²) in [5.74, 6) is 0.191. The Bertz CT molecular complexity index is 804. The molecule has 0 aromatic carbocycles. The highest BCUT2D eigenvalue weighted by atomic mass is 127. The van der Waals surface area contributed by atoms with Crippen molar-refractivity contribution in [1.29, 1.82) is 0 Å². The molecule has 0 radical (unpaired) electrons. The average molecular weight is 412 g/mol. The molecular weight excluding hydrogens is 405 g/mol. The molecule has 3 heterocycles. The van der Waals surface area contributed by atoms with Crippen molar-refractivity contribution in [3.05, 3.63) is 3.70 Å². The molecule has 3 rings (SSSR count). The van der Waals surface area contributed by atoms with Gasteiger partial charge >= 0.3 is 6.55 Å². The molecule has 0 unspecified atom stereocenters. The second-order valence-electron chi connectivity index (χ2n) is 3.69. The number of hydrogen-bond donors (Lipinski definition) is 0. The molecule has 0 atom stereocenters. The quantitative estimate of drug-likeness (QED) is 0.374. The molecule has 0 bridgehead atoms. The SMILES string of the molecule is COc1nc(SC)nc2oc3c(I)nn(C(F)F)c3c12. The lowest BCUT2D eigenvalue weighted by molar-refractivity contribution is 0.0613. The van der Waals surface area contributed by atoms with Gasteiger partial charge in [0, 0.05) is 0 Å². The molecule has 6 nitrogen and oxygen atoms in total. The third-order valence-corrected chi connectivity index (χ3v) is 3.90. The number of furan rings is 1. The van der Waals surface area contributed by atoms with Crippen LogP contribution in [0.3, 0.4) is 0 Å². The molecule has 0 aliphatic heterocycles. The zero-order valence-electron chi connectivity index (χ0n) is 10.2. The van der Waals surface area contributed by atoms with Gasteiger partial charge in [0.05, 0.1) is 7.11 Å². The highest BCUT2D eigenvalue weighted by Crippen LogP contribution is 2.37. The van der Waals surface area contributed by atoms with Crippen molar-refractivity contribution in [2.45, 2.75) is 11.7 Å². The number of thioether (sulfide) groups is 1. The molecule has 0 spiro atoms. The number of hydrogen-bond acceptors (Lipinski definition) is 6. The van der Waals surface area contributed by atoms with E-state index in [0.29, 0.717) is 18.9 Å². The van der Waals surface area contributed by atoms with Gasteiger partial charge in [-0.3, -0.25) is 0 Å². The molecule has 0 amide bonds. The van der Waals surface area contributed by atoms with E-state index in [-0.39, 0.29) is 22.7 Å². The highest BCUT2D eigenvalue weighted by molar-refractivity contribution is 14.1. The molecule has 0 aliphatic carbocycles. The maximum atomic E-state index is 13.1. The van der Waals surface area contributed by atoms with E-state index in [0.717, 1.165) is 0 Å². The lowest BCUT2D eigenvalue weighted by Gasteiger charge is -2.03. The Morgan fingerprint density at radius 3 is 2.75 bits per heavy atom. The van der Waals surface area contributed by atoms with Gasteiger partial charge in [0.1, 0.15) is 10.9 Å². The van der Waals surface area contributed by atoms with Crippen molar-refractivity contribution in [2.24, 2.45) is 0 Å². The van der Waals surface area contributed by atoms with Crippen LogP contribution in [0.5, 0.6) is 5.88 Å². The van der Waals surface area contributed by atoms with Gasteiger partial charge in [0.25, 0.3) is 0 Å². The fourth-order valence-electron chi connectivity index (χ4n) is 1.87. The van der Waals surface area contributed by atoms with Crippen molar-refractivity contribution in [2.75, 3.05) is 13.4 Å². The van der Waals surface area contributed by atoms with Crippen LogP contribution < -0.4 is 4.74 Å². The predicted octanol–water partition coefficient (Wildman–Crippen LogP) is 3.30. The van der Waals surface area contributed by atoms with E-state index in [1.807, 2.05) is 22.6 Å². The second kappa shape index (κ2) is 4.98. The number of ether oxygens (including phenoxy) is 1. The van der Waals surface area contributed by atoms with E-state index >= 15 is 0 Å². The van der Waals surface area contributed by atoms with Crippen molar-refractivity contribution in [3.63, 3.8) is 0 Å². The van der Waals surface area contributed by atoms with Gasteiger partial charge in [-0.2, -0.15) is 28.5 Å². The third-order valence-electron chi connectivity index (χ3n) is 2.65. The van der Waals surface area contributed by atoms with Crippen molar-refractivity contribution < 1.29 is 17.9 Å². The Morgan fingerprint density at radius 2 is 2.15 bits per heavy atom. The van der Waals surface area contributed by atoms with Gasteiger partial charge in [0.2, 0.25) is 11.6 Å². The normalized spacial score (nSPS) is 11.9. The lowest BCUT2D eigenvalue weighted by Crippen LogP contribution is -2.01. The summed E-state index contributed by atoms with van der Waals surface area (Å²) in [4.78, 5) is 8.32. The smallest absolute Gasteiger partial charge is 0.333 e. The molecule has 0 N–H and O–H groups in total. The van der Waals surface area contributed by atoms with E-state index in [2.05, 4.69) is 15.1 Å². The minimum Gasteiger partial charge on any atom is -0.480 e. The molecule has 0 saturated carbocycles. The number of halogens is 3. The van der Waals surface area contributed by atoms with Crippen molar-refractivity contribution in [1.82, 2.24) is 19.7 Å². The van der Waals surface area contributed by atoms with E-state index in [1.165, 1.54) is 18.9 Å².